The van der Waals surface area contributed by atoms with E-state index in [1.807, 2.05) is 31.2 Å². The predicted octanol–water partition coefficient (Wildman–Crippen LogP) is 5.00. The highest BCUT2D eigenvalue weighted by molar-refractivity contribution is 5.88. The van der Waals surface area contributed by atoms with Gasteiger partial charge in [-0.05, 0) is 44.0 Å². The number of aryl methyl sites for hydroxylation is 1. The van der Waals surface area contributed by atoms with Crippen LogP contribution in [0.3, 0.4) is 0 Å². The number of aromatic nitrogens is 2. The maximum Gasteiger partial charge on any atom is 0.416 e. The first kappa shape index (κ1) is 17.2. The Bertz CT molecular complexity index is 885. The first-order valence-corrected chi connectivity index (χ1v) is 7.97. The van der Waals surface area contributed by atoms with Crippen LogP contribution in [0.15, 0.2) is 48.8 Å². The van der Waals surface area contributed by atoms with Gasteiger partial charge in [0.1, 0.15) is 12.1 Å². The van der Waals surface area contributed by atoms with Crippen molar-refractivity contribution in [3.63, 3.8) is 0 Å². The Morgan fingerprint density at radius 2 is 1.84 bits per heavy atom. The Kier molecular flexibility index (Phi) is 4.61. The Labute approximate surface area is 143 Å². The summed E-state index contributed by atoms with van der Waals surface area (Å²) in [6.07, 6.45) is -2.67. The number of hydrogen-bond acceptors (Lipinski definition) is 3. The maximum atomic E-state index is 13.3. The van der Waals surface area contributed by atoms with E-state index in [0.717, 1.165) is 10.9 Å². The first-order chi connectivity index (χ1) is 11.8. The number of nitrogens with zero attached hydrogens (tertiary/aromatic N) is 2. The Hall–Kier alpha value is -2.63. The van der Waals surface area contributed by atoms with E-state index in [9.17, 15) is 13.2 Å². The van der Waals surface area contributed by atoms with Crippen LogP contribution in [0.5, 0.6) is 0 Å². The van der Waals surface area contributed by atoms with Crippen LogP contribution in [0.2, 0.25) is 0 Å². The van der Waals surface area contributed by atoms with Crippen LogP contribution in [-0.4, -0.2) is 16.0 Å². The van der Waals surface area contributed by atoms with Gasteiger partial charge in [-0.25, -0.2) is 9.97 Å². The van der Waals surface area contributed by atoms with E-state index in [-0.39, 0.29) is 18.0 Å². The van der Waals surface area contributed by atoms with Gasteiger partial charge >= 0.3 is 6.18 Å². The molecule has 0 aliphatic carbocycles. The predicted molar refractivity (Wildman–Crippen MR) is 92.5 cm³/mol. The molecule has 0 fully saturated rings. The van der Waals surface area contributed by atoms with Crippen LogP contribution in [0.25, 0.3) is 10.9 Å². The third-order valence-corrected chi connectivity index (χ3v) is 4.02. The molecule has 0 bridgehead atoms. The van der Waals surface area contributed by atoms with E-state index in [0.29, 0.717) is 11.4 Å². The lowest BCUT2D eigenvalue weighted by atomic mass is 9.98. The van der Waals surface area contributed by atoms with Crippen LogP contribution < -0.4 is 5.32 Å². The van der Waals surface area contributed by atoms with E-state index in [1.54, 1.807) is 19.1 Å². The summed E-state index contributed by atoms with van der Waals surface area (Å²) >= 11 is 0. The van der Waals surface area contributed by atoms with Crippen molar-refractivity contribution in [1.82, 2.24) is 9.97 Å². The van der Waals surface area contributed by atoms with Crippen LogP contribution in [0.1, 0.15) is 23.6 Å². The van der Waals surface area contributed by atoms with Gasteiger partial charge in [-0.1, -0.05) is 29.8 Å². The standard InChI is InChI=1S/C19H18F3N3/c1-12-7-8-14(16(9-12)19(20,21)22)10-13(2)25-18-15-5-3-4-6-17(15)23-11-24-18/h3-9,11,13H,10H2,1-2H3,(H,23,24,25). The second-order valence-corrected chi connectivity index (χ2v) is 6.15. The third kappa shape index (κ3) is 3.90. The van der Waals surface area contributed by atoms with Gasteiger partial charge in [-0.2, -0.15) is 13.2 Å². The van der Waals surface area contributed by atoms with E-state index < -0.39 is 11.7 Å². The van der Waals surface area contributed by atoms with E-state index in [2.05, 4.69) is 15.3 Å². The van der Waals surface area contributed by atoms with Gasteiger partial charge in [0.05, 0.1) is 11.1 Å². The molecule has 1 unspecified atom stereocenters. The van der Waals surface area contributed by atoms with Gasteiger partial charge in [0, 0.05) is 11.4 Å². The Morgan fingerprint density at radius 1 is 1.08 bits per heavy atom. The summed E-state index contributed by atoms with van der Waals surface area (Å²) in [5, 5.41) is 4.05. The van der Waals surface area contributed by atoms with Crippen LogP contribution in [-0.2, 0) is 12.6 Å². The third-order valence-electron chi connectivity index (χ3n) is 4.02. The van der Waals surface area contributed by atoms with Gasteiger partial charge in [0.2, 0.25) is 0 Å². The highest BCUT2D eigenvalue weighted by Gasteiger charge is 2.33. The van der Waals surface area contributed by atoms with Crippen LogP contribution >= 0.6 is 0 Å². The molecule has 0 radical (unpaired) electrons. The number of nitrogens with one attached hydrogen (secondary N) is 1. The van der Waals surface area contributed by atoms with Gasteiger partial charge in [-0.15, -0.1) is 0 Å². The van der Waals surface area contributed by atoms with E-state index in [1.165, 1.54) is 12.4 Å². The molecule has 6 heteroatoms. The summed E-state index contributed by atoms with van der Waals surface area (Å²) in [6, 6.07) is 11.7. The molecule has 25 heavy (non-hydrogen) atoms. The Balaban J connectivity index is 1.85. The molecular weight excluding hydrogens is 327 g/mol. The fourth-order valence-corrected chi connectivity index (χ4v) is 2.87. The largest absolute Gasteiger partial charge is 0.416 e. The number of alkyl halides is 3. The molecule has 3 rings (SSSR count). The van der Waals surface area contributed by atoms with Gasteiger partial charge in [0.25, 0.3) is 0 Å². The molecule has 130 valence electrons. The van der Waals surface area contributed by atoms with Crippen LogP contribution in [0.4, 0.5) is 19.0 Å². The summed E-state index contributed by atoms with van der Waals surface area (Å²) in [4.78, 5) is 8.42. The van der Waals surface area contributed by atoms with Crippen molar-refractivity contribution >= 4 is 16.7 Å². The number of para-hydroxylation sites is 1. The molecule has 1 heterocycles. The second-order valence-electron chi connectivity index (χ2n) is 6.15. The summed E-state index contributed by atoms with van der Waals surface area (Å²) in [6.45, 7) is 3.50. The minimum absolute atomic E-state index is 0.220. The van der Waals surface area contributed by atoms with Crippen molar-refractivity contribution < 1.29 is 13.2 Å². The number of hydrogen-bond donors (Lipinski definition) is 1. The number of rotatable bonds is 4. The smallest absolute Gasteiger partial charge is 0.367 e. The minimum Gasteiger partial charge on any atom is -0.367 e. The zero-order valence-electron chi connectivity index (χ0n) is 13.9. The SMILES string of the molecule is Cc1ccc(CC(C)Nc2ncnc3ccccc23)c(C(F)(F)F)c1. The number of halogens is 3. The molecule has 2 aromatic carbocycles. The van der Waals surface area contributed by atoms with Gasteiger partial charge < -0.3 is 5.32 Å². The minimum atomic E-state index is -4.36. The fourth-order valence-electron chi connectivity index (χ4n) is 2.87. The quantitative estimate of drug-likeness (QED) is 0.723. The normalized spacial score (nSPS) is 13.0. The molecular formula is C19H18F3N3. The lowest BCUT2D eigenvalue weighted by Crippen LogP contribution is -2.21. The van der Waals surface area contributed by atoms with Crippen molar-refractivity contribution in [3.05, 3.63) is 65.5 Å². The van der Waals surface area contributed by atoms with Crippen molar-refractivity contribution in [2.75, 3.05) is 5.32 Å². The molecule has 0 saturated heterocycles. The monoisotopic (exact) mass is 345 g/mol. The lowest BCUT2D eigenvalue weighted by molar-refractivity contribution is -0.138. The molecule has 0 amide bonds. The first-order valence-electron chi connectivity index (χ1n) is 7.97. The number of benzene rings is 2. The average Bonchev–Trinajstić information content (AvgIpc) is 2.56. The van der Waals surface area contributed by atoms with Gasteiger partial charge in [-0.3, -0.25) is 0 Å². The fraction of sp³-hybridized carbons (Fsp3) is 0.263. The van der Waals surface area contributed by atoms with Crippen LogP contribution in [0, 0.1) is 6.92 Å². The van der Waals surface area contributed by atoms with Crippen molar-refractivity contribution in [3.8, 4) is 0 Å². The highest BCUT2D eigenvalue weighted by Crippen LogP contribution is 2.33. The number of fused-ring (bicyclic) bond motifs is 1. The number of anilines is 1. The maximum absolute atomic E-state index is 13.3. The zero-order chi connectivity index (χ0) is 18.0. The molecule has 0 aliphatic rings. The lowest BCUT2D eigenvalue weighted by Gasteiger charge is -2.19. The molecule has 0 spiro atoms. The molecule has 1 atom stereocenters. The van der Waals surface area contributed by atoms with E-state index >= 15 is 0 Å². The van der Waals surface area contributed by atoms with Crippen molar-refractivity contribution in [2.45, 2.75) is 32.5 Å². The summed E-state index contributed by atoms with van der Waals surface area (Å²) < 4.78 is 39.8. The van der Waals surface area contributed by atoms with E-state index in [4.69, 9.17) is 0 Å². The van der Waals surface area contributed by atoms with Crippen molar-refractivity contribution in [1.29, 1.82) is 0 Å². The summed E-state index contributed by atoms with van der Waals surface area (Å²) in [7, 11) is 0. The molecule has 0 aliphatic heterocycles. The topological polar surface area (TPSA) is 37.8 Å². The molecule has 3 aromatic rings. The Morgan fingerprint density at radius 3 is 2.60 bits per heavy atom. The average molecular weight is 345 g/mol. The molecule has 3 nitrogen and oxygen atoms in total. The summed E-state index contributed by atoms with van der Waals surface area (Å²) in [5.74, 6) is 0.624. The second kappa shape index (κ2) is 6.70. The molecule has 1 N–H and O–H groups in total. The molecule has 0 saturated carbocycles. The summed E-state index contributed by atoms with van der Waals surface area (Å²) in [5.41, 5.74) is 1.09. The molecule has 1 aromatic heterocycles. The highest BCUT2D eigenvalue weighted by atomic mass is 19.4. The van der Waals surface area contributed by atoms with Crippen molar-refractivity contribution in [2.24, 2.45) is 0 Å². The van der Waals surface area contributed by atoms with Gasteiger partial charge in [0.15, 0.2) is 0 Å². The zero-order valence-corrected chi connectivity index (χ0v) is 13.9.